The largest absolute Gasteiger partial charge is 0.279 e. The zero-order valence-corrected chi connectivity index (χ0v) is 14.7. The summed E-state index contributed by atoms with van der Waals surface area (Å²) in [7, 11) is -7.70. The van der Waals surface area contributed by atoms with Crippen LogP contribution in [0.3, 0.4) is 0 Å². The molecule has 1 aromatic heterocycles. The first kappa shape index (κ1) is 16.4. The lowest BCUT2D eigenvalue weighted by Crippen LogP contribution is -2.16. The number of aryl methyl sites for hydroxylation is 1. The maximum absolute atomic E-state index is 12.2. The fourth-order valence-corrected chi connectivity index (χ4v) is 5.84. The first-order chi connectivity index (χ1) is 9.61. The Morgan fingerprint density at radius 3 is 2.38 bits per heavy atom. The van der Waals surface area contributed by atoms with Gasteiger partial charge in [-0.2, -0.15) is 0 Å². The molecule has 0 aliphatic heterocycles. The van der Waals surface area contributed by atoms with Gasteiger partial charge in [0.05, 0.1) is 10.6 Å². The molecule has 0 saturated heterocycles. The van der Waals surface area contributed by atoms with Gasteiger partial charge in [0.25, 0.3) is 10.0 Å². The number of hydrogen-bond donors (Lipinski definition) is 2. The SMILES string of the molecule is Cc1ccc(NS(=O)(=O)c2sccc2Br)cc1S(N)(=O)=O. The minimum atomic E-state index is -3.92. The van der Waals surface area contributed by atoms with Crippen molar-refractivity contribution in [1.82, 2.24) is 0 Å². The highest BCUT2D eigenvalue weighted by atomic mass is 79.9. The summed E-state index contributed by atoms with van der Waals surface area (Å²) in [5.41, 5.74) is 0.572. The molecule has 0 amide bonds. The Balaban J connectivity index is 2.44. The lowest BCUT2D eigenvalue weighted by Gasteiger charge is -2.10. The van der Waals surface area contributed by atoms with Gasteiger partial charge >= 0.3 is 0 Å². The molecule has 114 valence electrons. The van der Waals surface area contributed by atoms with E-state index in [0.717, 1.165) is 11.3 Å². The molecule has 0 unspecified atom stereocenters. The Morgan fingerprint density at radius 2 is 1.86 bits per heavy atom. The average molecular weight is 411 g/mol. The summed E-state index contributed by atoms with van der Waals surface area (Å²) < 4.78 is 50.2. The molecule has 0 spiro atoms. The van der Waals surface area contributed by atoms with E-state index in [1.807, 2.05) is 0 Å². The van der Waals surface area contributed by atoms with Crippen molar-refractivity contribution in [1.29, 1.82) is 0 Å². The number of primary sulfonamides is 1. The van der Waals surface area contributed by atoms with E-state index in [0.29, 0.717) is 10.0 Å². The summed E-state index contributed by atoms with van der Waals surface area (Å²) in [5.74, 6) is 0. The topological polar surface area (TPSA) is 106 Å². The van der Waals surface area contributed by atoms with Gasteiger partial charge in [0, 0.05) is 4.47 Å². The van der Waals surface area contributed by atoms with E-state index < -0.39 is 20.0 Å². The molecule has 0 atom stereocenters. The monoisotopic (exact) mass is 410 g/mol. The number of hydrogen-bond acceptors (Lipinski definition) is 5. The van der Waals surface area contributed by atoms with Crippen LogP contribution in [0.2, 0.25) is 0 Å². The third kappa shape index (κ3) is 3.64. The highest BCUT2D eigenvalue weighted by Crippen LogP contribution is 2.30. The van der Waals surface area contributed by atoms with E-state index in [-0.39, 0.29) is 14.8 Å². The molecule has 0 fully saturated rings. The number of nitrogens with one attached hydrogen (secondary N) is 1. The van der Waals surface area contributed by atoms with Crippen molar-refractivity contribution >= 4 is 53.0 Å². The highest BCUT2D eigenvalue weighted by Gasteiger charge is 2.20. The Labute approximate surface area is 135 Å². The van der Waals surface area contributed by atoms with Gasteiger partial charge in [-0.25, -0.2) is 22.0 Å². The van der Waals surface area contributed by atoms with Crippen molar-refractivity contribution in [2.24, 2.45) is 5.14 Å². The smallest absolute Gasteiger partial charge is 0.272 e. The lowest BCUT2D eigenvalue weighted by molar-refractivity contribution is 0.596. The highest BCUT2D eigenvalue weighted by molar-refractivity contribution is 9.10. The van der Waals surface area contributed by atoms with Gasteiger partial charge in [-0.1, -0.05) is 6.07 Å². The minimum Gasteiger partial charge on any atom is -0.279 e. The van der Waals surface area contributed by atoms with E-state index in [2.05, 4.69) is 20.7 Å². The van der Waals surface area contributed by atoms with Crippen LogP contribution in [-0.4, -0.2) is 16.8 Å². The molecule has 0 bridgehead atoms. The number of anilines is 1. The fraction of sp³-hybridized carbons (Fsp3) is 0.0909. The summed E-state index contributed by atoms with van der Waals surface area (Å²) in [6.45, 7) is 1.58. The van der Waals surface area contributed by atoms with Gasteiger partial charge < -0.3 is 0 Å². The third-order valence-electron chi connectivity index (χ3n) is 2.58. The maximum atomic E-state index is 12.2. The second kappa shape index (κ2) is 5.69. The van der Waals surface area contributed by atoms with Crippen molar-refractivity contribution in [2.75, 3.05) is 4.72 Å². The summed E-state index contributed by atoms with van der Waals surface area (Å²) in [4.78, 5) is -0.118. The minimum absolute atomic E-state index is 0.111. The van der Waals surface area contributed by atoms with Crippen LogP contribution in [0, 0.1) is 6.92 Å². The number of rotatable bonds is 4. The van der Waals surface area contributed by atoms with Gasteiger partial charge in [0.15, 0.2) is 4.21 Å². The van der Waals surface area contributed by atoms with Crippen molar-refractivity contribution < 1.29 is 16.8 Å². The summed E-state index contributed by atoms with van der Waals surface area (Å²) in [5, 5.41) is 6.73. The van der Waals surface area contributed by atoms with E-state index in [9.17, 15) is 16.8 Å². The standard InChI is InChI=1S/C11H11BrN2O4S3/c1-7-2-3-8(6-10(7)20(13,15)16)14-21(17,18)11-9(12)4-5-19-11/h2-6,14H,1H3,(H2,13,15,16). The van der Waals surface area contributed by atoms with E-state index in [1.54, 1.807) is 18.4 Å². The van der Waals surface area contributed by atoms with Gasteiger partial charge in [-0.15, -0.1) is 11.3 Å². The van der Waals surface area contributed by atoms with Crippen LogP contribution in [0.25, 0.3) is 0 Å². The zero-order chi connectivity index (χ0) is 15.8. The molecule has 1 heterocycles. The molecule has 0 radical (unpaired) electrons. The Bertz CT molecular complexity index is 888. The molecule has 6 nitrogen and oxygen atoms in total. The van der Waals surface area contributed by atoms with Gasteiger partial charge in [-0.3, -0.25) is 4.72 Å². The maximum Gasteiger partial charge on any atom is 0.272 e. The predicted octanol–water partition coefficient (Wildman–Crippen LogP) is 2.27. The molecular weight excluding hydrogens is 400 g/mol. The lowest BCUT2D eigenvalue weighted by atomic mass is 10.2. The molecule has 3 N–H and O–H groups in total. The number of thiophene rings is 1. The van der Waals surface area contributed by atoms with Gasteiger partial charge in [-0.05, 0) is 52.0 Å². The summed E-state index contributed by atoms with van der Waals surface area (Å²) in [6.07, 6.45) is 0. The van der Waals surface area contributed by atoms with Gasteiger partial charge in [0.2, 0.25) is 10.0 Å². The molecule has 1 aromatic carbocycles. The first-order valence-corrected chi connectivity index (χ1v) is 10.2. The third-order valence-corrected chi connectivity index (χ3v) is 7.68. The van der Waals surface area contributed by atoms with Crippen LogP contribution in [0.15, 0.2) is 43.2 Å². The Morgan fingerprint density at radius 1 is 1.19 bits per heavy atom. The normalized spacial score (nSPS) is 12.3. The van der Waals surface area contributed by atoms with Crippen molar-refractivity contribution in [2.45, 2.75) is 16.0 Å². The average Bonchev–Trinajstić information content (AvgIpc) is 2.77. The molecule has 0 saturated carbocycles. The number of benzene rings is 1. The Kier molecular flexibility index (Phi) is 4.45. The number of nitrogens with two attached hydrogens (primary N) is 1. The Hall–Kier alpha value is -0.940. The molecule has 10 heteroatoms. The number of halogens is 1. The molecular formula is C11H11BrN2O4S3. The van der Waals surface area contributed by atoms with Crippen LogP contribution in [-0.2, 0) is 20.0 Å². The van der Waals surface area contributed by atoms with Crippen LogP contribution >= 0.6 is 27.3 Å². The second-order valence-electron chi connectivity index (χ2n) is 4.19. The molecule has 2 aromatic rings. The van der Waals surface area contributed by atoms with E-state index >= 15 is 0 Å². The fourth-order valence-electron chi connectivity index (χ4n) is 1.64. The predicted molar refractivity (Wildman–Crippen MR) is 85.4 cm³/mol. The molecule has 21 heavy (non-hydrogen) atoms. The first-order valence-electron chi connectivity index (χ1n) is 5.50. The molecule has 0 aliphatic rings. The van der Waals surface area contributed by atoms with E-state index in [4.69, 9.17) is 5.14 Å². The number of sulfonamides is 2. The molecule has 2 rings (SSSR count). The van der Waals surface area contributed by atoms with Crippen molar-refractivity contribution in [3.05, 3.63) is 39.7 Å². The second-order valence-corrected chi connectivity index (χ2v) is 9.36. The van der Waals surface area contributed by atoms with Crippen LogP contribution in [0.5, 0.6) is 0 Å². The zero-order valence-electron chi connectivity index (χ0n) is 10.7. The summed E-state index contributed by atoms with van der Waals surface area (Å²) in [6, 6.07) is 5.78. The van der Waals surface area contributed by atoms with Crippen LogP contribution in [0.4, 0.5) is 5.69 Å². The van der Waals surface area contributed by atoms with Crippen LogP contribution in [0.1, 0.15) is 5.56 Å². The molecule has 0 aliphatic carbocycles. The van der Waals surface area contributed by atoms with E-state index in [1.165, 1.54) is 18.2 Å². The van der Waals surface area contributed by atoms with Crippen molar-refractivity contribution in [3.8, 4) is 0 Å². The van der Waals surface area contributed by atoms with Gasteiger partial charge in [0.1, 0.15) is 0 Å². The summed E-state index contributed by atoms with van der Waals surface area (Å²) >= 11 is 4.20. The van der Waals surface area contributed by atoms with Crippen molar-refractivity contribution in [3.63, 3.8) is 0 Å². The quantitative estimate of drug-likeness (QED) is 0.805. The van der Waals surface area contributed by atoms with Crippen LogP contribution < -0.4 is 9.86 Å².